The molecule has 0 saturated heterocycles. The molecule has 0 spiro atoms. The van der Waals surface area contributed by atoms with Gasteiger partial charge in [-0.25, -0.2) is 0 Å². The van der Waals surface area contributed by atoms with Crippen molar-refractivity contribution in [2.24, 2.45) is 5.73 Å². The van der Waals surface area contributed by atoms with E-state index in [9.17, 15) is 0 Å². The highest BCUT2D eigenvalue weighted by molar-refractivity contribution is 7.12. The number of hydrogen-bond acceptors (Lipinski definition) is 4. The van der Waals surface area contributed by atoms with Gasteiger partial charge in [-0.1, -0.05) is 6.92 Å². The number of rotatable bonds is 8. The van der Waals surface area contributed by atoms with Crippen LogP contribution in [0.25, 0.3) is 0 Å². The van der Waals surface area contributed by atoms with Crippen molar-refractivity contribution in [1.82, 2.24) is 4.90 Å². The van der Waals surface area contributed by atoms with E-state index in [0.29, 0.717) is 12.1 Å². The lowest BCUT2D eigenvalue weighted by Crippen LogP contribution is -2.45. The predicted molar refractivity (Wildman–Crippen MR) is 83.8 cm³/mol. The molecule has 1 heterocycles. The van der Waals surface area contributed by atoms with E-state index in [1.54, 1.807) is 7.11 Å². The Morgan fingerprint density at radius 2 is 2.05 bits per heavy atom. The first-order chi connectivity index (χ1) is 9.01. The minimum Gasteiger partial charge on any atom is -0.383 e. The van der Waals surface area contributed by atoms with Gasteiger partial charge < -0.3 is 10.5 Å². The lowest BCUT2D eigenvalue weighted by Gasteiger charge is -2.37. The van der Waals surface area contributed by atoms with Gasteiger partial charge >= 0.3 is 0 Å². The van der Waals surface area contributed by atoms with Crippen LogP contribution in [0, 0.1) is 6.92 Å². The zero-order valence-electron chi connectivity index (χ0n) is 12.8. The first-order valence-electron chi connectivity index (χ1n) is 7.07. The summed E-state index contributed by atoms with van der Waals surface area (Å²) in [7, 11) is 1.75. The molecule has 1 rings (SSSR count). The van der Waals surface area contributed by atoms with Gasteiger partial charge in [-0.05, 0) is 39.3 Å². The molecular weight excluding hydrogens is 256 g/mol. The van der Waals surface area contributed by atoms with Crippen LogP contribution in [-0.2, 0) is 4.74 Å². The Kier molecular flexibility index (Phi) is 7.00. The van der Waals surface area contributed by atoms with Gasteiger partial charge in [0.25, 0.3) is 0 Å². The van der Waals surface area contributed by atoms with Crippen molar-refractivity contribution in [3.8, 4) is 0 Å². The van der Waals surface area contributed by atoms with Crippen LogP contribution in [0.5, 0.6) is 0 Å². The van der Waals surface area contributed by atoms with E-state index in [0.717, 1.165) is 19.6 Å². The van der Waals surface area contributed by atoms with E-state index in [4.69, 9.17) is 10.5 Å². The van der Waals surface area contributed by atoms with Crippen molar-refractivity contribution >= 4 is 11.3 Å². The van der Waals surface area contributed by atoms with Crippen molar-refractivity contribution < 1.29 is 4.74 Å². The largest absolute Gasteiger partial charge is 0.383 e. The summed E-state index contributed by atoms with van der Waals surface area (Å²) in [6.07, 6.45) is 0.984. The first-order valence-corrected chi connectivity index (χ1v) is 7.89. The van der Waals surface area contributed by atoms with Crippen molar-refractivity contribution in [2.45, 2.75) is 52.2 Å². The summed E-state index contributed by atoms with van der Waals surface area (Å²) < 4.78 is 5.25. The van der Waals surface area contributed by atoms with Gasteiger partial charge in [0, 0.05) is 35.5 Å². The minimum atomic E-state index is 0.164. The van der Waals surface area contributed by atoms with E-state index in [2.05, 4.69) is 44.7 Å². The zero-order chi connectivity index (χ0) is 14.4. The quantitative estimate of drug-likeness (QED) is 0.797. The smallest absolute Gasteiger partial charge is 0.0596 e. The van der Waals surface area contributed by atoms with E-state index in [1.165, 1.54) is 9.75 Å². The Hall–Kier alpha value is -0.420. The molecule has 0 saturated carbocycles. The van der Waals surface area contributed by atoms with Crippen LogP contribution in [0.3, 0.4) is 0 Å². The predicted octanol–water partition coefficient (Wildman–Crippen LogP) is 3.19. The van der Waals surface area contributed by atoms with Crippen molar-refractivity contribution in [2.75, 3.05) is 20.3 Å². The molecule has 0 aliphatic rings. The maximum atomic E-state index is 6.39. The fourth-order valence-electron chi connectivity index (χ4n) is 2.37. The Labute approximate surface area is 121 Å². The molecule has 2 unspecified atom stereocenters. The van der Waals surface area contributed by atoms with Crippen molar-refractivity contribution in [1.29, 1.82) is 0 Å². The van der Waals surface area contributed by atoms with Crippen LogP contribution in [0.2, 0.25) is 0 Å². The summed E-state index contributed by atoms with van der Waals surface area (Å²) in [4.78, 5) is 5.18. The lowest BCUT2D eigenvalue weighted by atomic mass is 10.0. The summed E-state index contributed by atoms with van der Waals surface area (Å²) in [6, 6.07) is 5.32. The highest BCUT2D eigenvalue weighted by Crippen LogP contribution is 2.31. The minimum absolute atomic E-state index is 0.164. The van der Waals surface area contributed by atoms with Crippen LogP contribution < -0.4 is 5.73 Å². The van der Waals surface area contributed by atoms with Gasteiger partial charge in [0.2, 0.25) is 0 Å². The molecular formula is C15H28N2OS. The molecule has 0 amide bonds. The highest BCUT2D eigenvalue weighted by Gasteiger charge is 2.28. The Balaban J connectivity index is 2.99. The monoisotopic (exact) mass is 284 g/mol. The molecule has 0 fully saturated rings. The standard InChI is InChI=1S/C15H28N2OS/c1-6-13(16)15(14-8-7-12(4)19-14)17(11(2)3)9-10-18-5/h7-8,11,13,15H,6,9-10,16H2,1-5H3. The second kappa shape index (κ2) is 8.00. The molecule has 0 bridgehead atoms. The molecule has 1 aromatic heterocycles. The third kappa shape index (κ3) is 4.56. The number of aryl methyl sites for hydroxylation is 1. The maximum Gasteiger partial charge on any atom is 0.0596 e. The second-order valence-electron chi connectivity index (χ2n) is 5.29. The van der Waals surface area contributed by atoms with Crippen LogP contribution in [0.4, 0.5) is 0 Å². The topological polar surface area (TPSA) is 38.5 Å². The highest BCUT2D eigenvalue weighted by atomic mass is 32.1. The van der Waals surface area contributed by atoms with Crippen LogP contribution in [0.15, 0.2) is 12.1 Å². The molecule has 4 heteroatoms. The molecule has 0 aromatic carbocycles. The van der Waals surface area contributed by atoms with E-state index in [-0.39, 0.29) is 6.04 Å². The second-order valence-corrected chi connectivity index (χ2v) is 6.61. The normalized spacial score (nSPS) is 15.2. The summed E-state index contributed by atoms with van der Waals surface area (Å²) >= 11 is 1.86. The van der Waals surface area contributed by atoms with Gasteiger partial charge in [0.1, 0.15) is 0 Å². The third-order valence-corrected chi connectivity index (χ3v) is 4.58. The average Bonchev–Trinajstić information content (AvgIpc) is 2.79. The molecule has 3 nitrogen and oxygen atoms in total. The van der Waals surface area contributed by atoms with E-state index >= 15 is 0 Å². The molecule has 19 heavy (non-hydrogen) atoms. The number of thiophene rings is 1. The molecule has 110 valence electrons. The number of nitrogens with two attached hydrogens (primary N) is 1. The Bertz CT molecular complexity index is 365. The first kappa shape index (κ1) is 16.6. The van der Waals surface area contributed by atoms with Gasteiger partial charge in [0.15, 0.2) is 0 Å². The van der Waals surface area contributed by atoms with Crippen LogP contribution in [0.1, 0.15) is 43.0 Å². The number of hydrogen-bond donors (Lipinski definition) is 1. The number of nitrogens with zero attached hydrogens (tertiary/aromatic N) is 1. The number of ether oxygens (including phenoxy) is 1. The van der Waals surface area contributed by atoms with Gasteiger partial charge in [-0.15, -0.1) is 11.3 Å². The summed E-state index contributed by atoms with van der Waals surface area (Å²) in [5.41, 5.74) is 6.39. The molecule has 2 atom stereocenters. The van der Waals surface area contributed by atoms with Crippen molar-refractivity contribution in [3.05, 3.63) is 21.9 Å². The Morgan fingerprint density at radius 1 is 1.37 bits per heavy atom. The fourth-order valence-corrected chi connectivity index (χ4v) is 3.45. The summed E-state index contributed by atoms with van der Waals surface area (Å²) in [5, 5.41) is 0. The Morgan fingerprint density at radius 3 is 2.47 bits per heavy atom. The zero-order valence-corrected chi connectivity index (χ0v) is 13.7. The molecule has 0 aliphatic carbocycles. The van der Waals surface area contributed by atoms with Gasteiger partial charge in [-0.3, -0.25) is 4.90 Å². The lowest BCUT2D eigenvalue weighted by molar-refractivity contribution is 0.0846. The third-order valence-electron chi connectivity index (χ3n) is 3.50. The van der Waals surface area contributed by atoms with Crippen molar-refractivity contribution in [3.63, 3.8) is 0 Å². The maximum absolute atomic E-state index is 6.39. The number of methoxy groups -OCH3 is 1. The van der Waals surface area contributed by atoms with Crippen LogP contribution >= 0.6 is 11.3 Å². The van der Waals surface area contributed by atoms with E-state index < -0.39 is 0 Å². The molecule has 0 radical (unpaired) electrons. The van der Waals surface area contributed by atoms with Crippen LogP contribution in [-0.4, -0.2) is 37.2 Å². The average molecular weight is 284 g/mol. The van der Waals surface area contributed by atoms with Gasteiger partial charge in [0.05, 0.1) is 12.6 Å². The molecule has 0 aliphatic heterocycles. The molecule has 1 aromatic rings. The fraction of sp³-hybridized carbons (Fsp3) is 0.733. The van der Waals surface area contributed by atoms with E-state index in [1.807, 2.05) is 11.3 Å². The van der Waals surface area contributed by atoms with Gasteiger partial charge in [-0.2, -0.15) is 0 Å². The SMILES string of the molecule is CCC(N)C(c1ccc(C)s1)N(CCOC)C(C)C. The summed E-state index contributed by atoms with van der Waals surface area (Å²) in [5.74, 6) is 0. The summed E-state index contributed by atoms with van der Waals surface area (Å²) in [6.45, 7) is 10.4. The molecule has 2 N–H and O–H groups in total.